The van der Waals surface area contributed by atoms with Crippen molar-refractivity contribution in [2.24, 2.45) is 0 Å². The predicted molar refractivity (Wildman–Crippen MR) is 71.9 cm³/mol. The highest BCUT2D eigenvalue weighted by molar-refractivity contribution is 8.00. The molecule has 0 bridgehead atoms. The van der Waals surface area contributed by atoms with Crippen LogP contribution in [0.1, 0.15) is 31.9 Å². The quantitative estimate of drug-likeness (QED) is 0.821. The van der Waals surface area contributed by atoms with E-state index in [2.05, 4.69) is 41.4 Å². The van der Waals surface area contributed by atoms with Gasteiger partial charge in [0.05, 0.1) is 0 Å². The molecule has 1 aliphatic carbocycles. The molecule has 16 heavy (non-hydrogen) atoms. The highest BCUT2D eigenvalue weighted by Gasteiger charge is 2.35. The summed E-state index contributed by atoms with van der Waals surface area (Å²) in [7, 11) is 0. The summed E-state index contributed by atoms with van der Waals surface area (Å²) in [5, 5.41) is 3.61. The topological polar surface area (TPSA) is 17.0 Å². The van der Waals surface area contributed by atoms with Crippen LogP contribution in [-0.4, -0.2) is 22.1 Å². The molecule has 0 saturated heterocycles. The van der Waals surface area contributed by atoms with Crippen LogP contribution in [0.5, 0.6) is 0 Å². The fourth-order valence-electron chi connectivity index (χ4n) is 2.36. The molecule has 1 aromatic rings. The number of thioether (sulfide) groups is 1. The van der Waals surface area contributed by atoms with Crippen LogP contribution >= 0.6 is 11.8 Å². The summed E-state index contributed by atoms with van der Waals surface area (Å²) in [5.74, 6) is 0. The monoisotopic (exact) mass is 238 g/mol. The number of aromatic nitrogens is 1. The number of aryl methyl sites for hydroxylation is 1. The van der Waals surface area contributed by atoms with Gasteiger partial charge in [0.1, 0.15) is 0 Å². The third-order valence-electron chi connectivity index (χ3n) is 3.72. The lowest BCUT2D eigenvalue weighted by Crippen LogP contribution is -2.43. The van der Waals surface area contributed by atoms with Gasteiger partial charge in [-0.25, -0.2) is 0 Å². The molecule has 1 aliphatic rings. The maximum atomic E-state index is 3.61. The summed E-state index contributed by atoms with van der Waals surface area (Å²) < 4.78 is 2.85. The smallest absolute Gasteiger partial charge is 0.0359 e. The molecular weight excluding hydrogens is 216 g/mol. The Kier molecular flexibility index (Phi) is 3.98. The first-order valence-corrected chi connectivity index (χ1v) is 7.42. The number of hydrogen-bond donors (Lipinski definition) is 1. The lowest BCUT2D eigenvalue weighted by atomic mass is 9.84. The van der Waals surface area contributed by atoms with E-state index in [1.54, 1.807) is 0 Å². The van der Waals surface area contributed by atoms with Crippen molar-refractivity contribution in [3.8, 4) is 0 Å². The van der Waals surface area contributed by atoms with Crippen molar-refractivity contribution in [2.45, 2.75) is 44.0 Å². The third kappa shape index (κ3) is 2.46. The molecule has 3 heteroatoms. The van der Waals surface area contributed by atoms with Gasteiger partial charge in [-0.3, -0.25) is 0 Å². The zero-order valence-electron chi connectivity index (χ0n) is 10.3. The molecule has 0 radical (unpaired) electrons. The van der Waals surface area contributed by atoms with E-state index in [0.717, 1.165) is 19.6 Å². The molecule has 0 atom stereocenters. The molecule has 0 aromatic carbocycles. The van der Waals surface area contributed by atoms with Crippen LogP contribution in [0.4, 0.5) is 0 Å². The third-order valence-corrected chi connectivity index (χ3v) is 5.13. The fraction of sp³-hybridized carbons (Fsp3) is 0.692. The molecule has 0 unspecified atom stereocenters. The number of rotatable bonds is 6. The highest BCUT2D eigenvalue weighted by Crippen LogP contribution is 2.42. The first-order valence-electron chi connectivity index (χ1n) is 6.19. The van der Waals surface area contributed by atoms with Crippen molar-refractivity contribution >= 4 is 11.8 Å². The molecule has 2 rings (SSSR count). The van der Waals surface area contributed by atoms with Gasteiger partial charge in [-0.15, -0.1) is 0 Å². The van der Waals surface area contributed by atoms with Gasteiger partial charge >= 0.3 is 0 Å². The Morgan fingerprint density at radius 3 is 2.88 bits per heavy atom. The summed E-state index contributed by atoms with van der Waals surface area (Å²) in [5.41, 5.74) is 1.40. The molecule has 1 heterocycles. The maximum absolute atomic E-state index is 3.61. The molecule has 0 spiro atoms. The van der Waals surface area contributed by atoms with Gasteiger partial charge < -0.3 is 9.88 Å². The van der Waals surface area contributed by atoms with Gasteiger partial charge in [0, 0.05) is 36.3 Å². The Morgan fingerprint density at radius 1 is 1.50 bits per heavy atom. The minimum absolute atomic E-state index is 0.545. The van der Waals surface area contributed by atoms with E-state index in [1.165, 1.54) is 25.0 Å². The summed E-state index contributed by atoms with van der Waals surface area (Å²) in [4.78, 5) is 0. The van der Waals surface area contributed by atoms with Crippen molar-refractivity contribution in [3.63, 3.8) is 0 Å². The predicted octanol–water partition coefficient (Wildman–Crippen LogP) is 2.88. The second-order valence-electron chi connectivity index (χ2n) is 4.63. The zero-order valence-corrected chi connectivity index (χ0v) is 11.1. The Labute approximate surface area is 103 Å². The molecule has 1 N–H and O–H groups in total. The summed E-state index contributed by atoms with van der Waals surface area (Å²) >= 11 is 2.04. The van der Waals surface area contributed by atoms with E-state index in [1.807, 2.05) is 11.8 Å². The molecule has 0 aliphatic heterocycles. The van der Waals surface area contributed by atoms with Gasteiger partial charge in [0.25, 0.3) is 0 Å². The first kappa shape index (κ1) is 12.1. The van der Waals surface area contributed by atoms with Crippen molar-refractivity contribution in [2.75, 3.05) is 12.8 Å². The lowest BCUT2D eigenvalue weighted by molar-refractivity contribution is 0.344. The summed E-state index contributed by atoms with van der Waals surface area (Å²) in [6.45, 7) is 5.42. The molecule has 0 amide bonds. The fourth-order valence-corrected chi connectivity index (χ4v) is 3.30. The van der Waals surface area contributed by atoms with E-state index in [0.29, 0.717) is 4.75 Å². The van der Waals surface area contributed by atoms with Crippen LogP contribution in [0.2, 0.25) is 0 Å². The number of hydrogen-bond acceptors (Lipinski definition) is 2. The van der Waals surface area contributed by atoms with Crippen molar-refractivity contribution in [1.82, 2.24) is 9.88 Å². The summed E-state index contributed by atoms with van der Waals surface area (Å²) in [6, 6.07) is 4.34. The molecule has 1 fully saturated rings. The average molecular weight is 238 g/mol. The SMILES string of the molecule is CCn1cccc1CNCC1(SC)CCC1. The van der Waals surface area contributed by atoms with Crippen molar-refractivity contribution in [1.29, 1.82) is 0 Å². The zero-order chi connectivity index (χ0) is 11.4. The molecule has 2 nitrogen and oxygen atoms in total. The number of nitrogens with one attached hydrogen (secondary N) is 1. The van der Waals surface area contributed by atoms with Crippen LogP contribution in [0, 0.1) is 0 Å². The second kappa shape index (κ2) is 5.28. The van der Waals surface area contributed by atoms with Crippen LogP contribution in [0.25, 0.3) is 0 Å². The van der Waals surface area contributed by atoms with Gasteiger partial charge in [-0.1, -0.05) is 6.42 Å². The Hall–Kier alpha value is -0.410. The summed E-state index contributed by atoms with van der Waals surface area (Å²) in [6.07, 6.45) is 8.58. The molecule has 1 saturated carbocycles. The first-order chi connectivity index (χ1) is 7.79. The van der Waals surface area contributed by atoms with Gasteiger partial charge in [-0.05, 0) is 38.2 Å². The van der Waals surface area contributed by atoms with E-state index in [9.17, 15) is 0 Å². The normalized spacial score (nSPS) is 18.4. The van der Waals surface area contributed by atoms with Gasteiger partial charge in [-0.2, -0.15) is 11.8 Å². The van der Waals surface area contributed by atoms with Crippen LogP contribution in [0.15, 0.2) is 18.3 Å². The average Bonchev–Trinajstić information content (AvgIpc) is 2.69. The van der Waals surface area contributed by atoms with E-state index >= 15 is 0 Å². The van der Waals surface area contributed by atoms with E-state index in [-0.39, 0.29) is 0 Å². The van der Waals surface area contributed by atoms with Crippen LogP contribution < -0.4 is 5.32 Å². The molecular formula is C13H22N2S. The Bertz CT molecular complexity index is 323. The highest BCUT2D eigenvalue weighted by atomic mass is 32.2. The minimum atomic E-state index is 0.545. The van der Waals surface area contributed by atoms with E-state index < -0.39 is 0 Å². The van der Waals surface area contributed by atoms with Crippen LogP contribution in [0.3, 0.4) is 0 Å². The number of nitrogens with zero attached hydrogens (tertiary/aromatic N) is 1. The van der Waals surface area contributed by atoms with Gasteiger partial charge in [0.15, 0.2) is 0 Å². The standard InChI is InChI=1S/C13H22N2S/c1-3-15-9-4-6-12(15)10-14-11-13(16-2)7-5-8-13/h4,6,9,14H,3,5,7-8,10-11H2,1-2H3. The maximum Gasteiger partial charge on any atom is 0.0359 e. The minimum Gasteiger partial charge on any atom is -0.351 e. The lowest BCUT2D eigenvalue weighted by Gasteiger charge is -2.40. The van der Waals surface area contributed by atoms with Gasteiger partial charge in [0.2, 0.25) is 0 Å². The molecule has 1 aromatic heterocycles. The second-order valence-corrected chi connectivity index (χ2v) is 5.90. The Balaban J connectivity index is 1.79. The van der Waals surface area contributed by atoms with Crippen molar-refractivity contribution < 1.29 is 0 Å². The largest absolute Gasteiger partial charge is 0.351 e. The van der Waals surface area contributed by atoms with Crippen LogP contribution in [-0.2, 0) is 13.1 Å². The van der Waals surface area contributed by atoms with E-state index in [4.69, 9.17) is 0 Å². The van der Waals surface area contributed by atoms with Crippen molar-refractivity contribution in [3.05, 3.63) is 24.0 Å². The Morgan fingerprint density at radius 2 is 2.31 bits per heavy atom. The molecule has 90 valence electrons.